The highest BCUT2D eigenvalue weighted by atomic mass is 16.5. The van der Waals surface area contributed by atoms with Gasteiger partial charge in [0, 0.05) is 6.04 Å². The van der Waals surface area contributed by atoms with Crippen LogP contribution < -0.4 is 10.1 Å². The van der Waals surface area contributed by atoms with Crippen LogP contribution in [0.2, 0.25) is 0 Å². The molecule has 1 aromatic carbocycles. The van der Waals surface area contributed by atoms with Gasteiger partial charge in [-0.05, 0) is 37.6 Å². The number of esters is 1. The van der Waals surface area contributed by atoms with Gasteiger partial charge < -0.3 is 14.8 Å². The molecule has 0 amide bonds. The molecule has 1 heterocycles. The summed E-state index contributed by atoms with van der Waals surface area (Å²) in [5.41, 5.74) is 1.07. The number of benzene rings is 1. The largest absolute Gasteiger partial charge is 0.497 e. The van der Waals surface area contributed by atoms with Gasteiger partial charge >= 0.3 is 5.97 Å². The summed E-state index contributed by atoms with van der Waals surface area (Å²) in [6.45, 7) is 3.10. The molecule has 0 bridgehead atoms. The number of nitrogens with one attached hydrogen (secondary N) is 1. The minimum atomic E-state index is -0.115. The Morgan fingerprint density at radius 3 is 3.06 bits per heavy atom. The maximum Gasteiger partial charge on any atom is 0.310 e. The lowest BCUT2D eigenvalue weighted by Crippen LogP contribution is -2.25. The van der Waals surface area contributed by atoms with E-state index in [0.29, 0.717) is 6.61 Å². The third-order valence-electron chi connectivity index (χ3n) is 3.26. The molecule has 98 valence electrons. The van der Waals surface area contributed by atoms with Gasteiger partial charge in [-0.25, -0.2) is 0 Å². The van der Waals surface area contributed by atoms with Crippen molar-refractivity contribution in [2.75, 3.05) is 20.3 Å². The molecule has 0 spiro atoms. The molecule has 1 aliphatic rings. The summed E-state index contributed by atoms with van der Waals surface area (Å²) in [6, 6.07) is 7.85. The Bertz CT molecular complexity index is 419. The van der Waals surface area contributed by atoms with Gasteiger partial charge in [0.25, 0.3) is 0 Å². The van der Waals surface area contributed by atoms with E-state index in [-0.39, 0.29) is 17.9 Å². The van der Waals surface area contributed by atoms with Crippen molar-refractivity contribution in [3.63, 3.8) is 0 Å². The lowest BCUT2D eigenvalue weighted by molar-refractivity contribution is -0.148. The van der Waals surface area contributed by atoms with Crippen molar-refractivity contribution in [3.8, 4) is 5.75 Å². The summed E-state index contributed by atoms with van der Waals surface area (Å²) < 4.78 is 10.3. The van der Waals surface area contributed by atoms with Crippen molar-refractivity contribution >= 4 is 5.97 Å². The van der Waals surface area contributed by atoms with Crippen LogP contribution in [0.4, 0.5) is 0 Å². The highest BCUT2D eigenvalue weighted by molar-refractivity contribution is 5.74. The Kier molecular flexibility index (Phi) is 4.20. The monoisotopic (exact) mass is 249 g/mol. The van der Waals surface area contributed by atoms with Crippen molar-refractivity contribution in [2.45, 2.75) is 19.4 Å². The van der Waals surface area contributed by atoms with Gasteiger partial charge in [-0.3, -0.25) is 4.79 Å². The zero-order chi connectivity index (χ0) is 13.0. The number of hydrogen-bond acceptors (Lipinski definition) is 4. The van der Waals surface area contributed by atoms with Crippen LogP contribution >= 0.6 is 0 Å². The Hall–Kier alpha value is -1.55. The van der Waals surface area contributed by atoms with Crippen molar-refractivity contribution < 1.29 is 14.3 Å². The number of methoxy groups -OCH3 is 1. The summed E-state index contributed by atoms with van der Waals surface area (Å²) in [6.07, 6.45) is 0.820. The molecule has 4 heteroatoms. The van der Waals surface area contributed by atoms with E-state index in [0.717, 1.165) is 24.3 Å². The van der Waals surface area contributed by atoms with Crippen LogP contribution in [0.5, 0.6) is 5.75 Å². The van der Waals surface area contributed by atoms with E-state index in [1.807, 2.05) is 31.2 Å². The third-order valence-corrected chi connectivity index (χ3v) is 3.26. The molecule has 0 unspecified atom stereocenters. The highest BCUT2D eigenvalue weighted by Crippen LogP contribution is 2.32. The molecule has 1 aromatic rings. The average molecular weight is 249 g/mol. The van der Waals surface area contributed by atoms with Crippen LogP contribution in [0.15, 0.2) is 24.3 Å². The summed E-state index contributed by atoms with van der Waals surface area (Å²) in [7, 11) is 1.64. The fourth-order valence-corrected chi connectivity index (χ4v) is 2.39. The van der Waals surface area contributed by atoms with E-state index in [4.69, 9.17) is 9.47 Å². The van der Waals surface area contributed by atoms with Crippen molar-refractivity contribution in [1.29, 1.82) is 0 Å². The molecule has 0 radical (unpaired) electrons. The first-order valence-corrected chi connectivity index (χ1v) is 6.30. The Morgan fingerprint density at radius 2 is 2.33 bits per heavy atom. The van der Waals surface area contributed by atoms with Crippen LogP contribution in [0.1, 0.15) is 24.9 Å². The van der Waals surface area contributed by atoms with Gasteiger partial charge in [0.05, 0.1) is 19.6 Å². The predicted octanol–water partition coefficient (Wildman–Crippen LogP) is 1.91. The number of ether oxygens (including phenoxy) is 2. The zero-order valence-corrected chi connectivity index (χ0v) is 10.8. The zero-order valence-electron chi connectivity index (χ0n) is 10.8. The molecule has 1 fully saturated rings. The first kappa shape index (κ1) is 12.9. The van der Waals surface area contributed by atoms with Crippen molar-refractivity contribution in [1.82, 2.24) is 5.32 Å². The summed E-state index contributed by atoms with van der Waals surface area (Å²) >= 11 is 0. The molecule has 0 aromatic heterocycles. The highest BCUT2D eigenvalue weighted by Gasteiger charge is 2.34. The molecule has 1 N–H and O–H groups in total. The number of hydrogen-bond donors (Lipinski definition) is 1. The lowest BCUT2D eigenvalue weighted by atomic mass is 9.94. The normalized spacial score (nSPS) is 22.8. The van der Waals surface area contributed by atoms with Gasteiger partial charge in [0.2, 0.25) is 0 Å². The Morgan fingerprint density at radius 1 is 1.50 bits per heavy atom. The Labute approximate surface area is 107 Å². The molecule has 1 saturated heterocycles. The van der Waals surface area contributed by atoms with Gasteiger partial charge in [-0.2, -0.15) is 0 Å². The van der Waals surface area contributed by atoms with E-state index in [2.05, 4.69) is 5.32 Å². The van der Waals surface area contributed by atoms with Crippen LogP contribution in [-0.2, 0) is 9.53 Å². The topological polar surface area (TPSA) is 47.6 Å². The average Bonchev–Trinajstić information content (AvgIpc) is 2.88. The maximum absolute atomic E-state index is 11.9. The molecule has 4 nitrogen and oxygen atoms in total. The number of rotatable bonds is 4. The lowest BCUT2D eigenvalue weighted by Gasteiger charge is -2.19. The second-order valence-corrected chi connectivity index (χ2v) is 4.36. The quantitative estimate of drug-likeness (QED) is 0.828. The van der Waals surface area contributed by atoms with Gasteiger partial charge in [0.1, 0.15) is 5.75 Å². The summed E-state index contributed by atoms with van der Waals surface area (Å²) in [5.74, 6) is 0.594. The molecular formula is C14H19NO3. The first-order chi connectivity index (χ1) is 8.76. The van der Waals surface area contributed by atoms with Gasteiger partial charge in [-0.1, -0.05) is 12.1 Å². The van der Waals surface area contributed by atoms with Crippen molar-refractivity contribution in [2.24, 2.45) is 5.92 Å². The smallest absolute Gasteiger partial charge is 0.310 e. The van der Waals surface area contributed by atoms with Crippen LogP contribution in [0.3, 0.4) is 0 Å². The molecule has 2 atom stereocenters. The van der Waals surface area contributed by atoms with Crippen LogP contribution in [0, 0.1) is 5.92 Å². The van der Waals surface area contributed by atoms with Crippen LogP contribution in [-0.4, -0.2) is 26.2 Å². The second kappa shape index (κ2) is 5.87. The van der Waals surface area contributed by atoms with Crippen molar-refractivity contribution in [3.05, 3.63) is 29.8 Å². The minimum absolute atomic E-state index is 0.0270. The van der Waals surface area contributed by atoms with Gasteiger partial charge in [-0.15, -0.1) is 0 Å². The molecule has 1 aliphatic heterocycles. The molecule has 0 aliphatic carbocycles. The van der Waals surface area contributed by atoms with E-state index in [1.165, 1.54) is 0 Å². The third kappa shape index (κ3) is 2.64. The molecular weight excluding hydrogens is 230 g/mol. The molecule has 18 heavy (non-hydrogen) atoms. The summed E-state index contributed by atoms with van der Waals surface area (Å²) in [4.78, 5) is 11.9. The van der Waals surface area contributed by atoms with E-state index < -0.39 is 0 Å². The van der Waals surface area contributed by atoms with E-state index >= 15 is 0 Å². The molecule has 2 rings (SSSR count). The summed E-state index contributed by atoms with van der Waals surface area (Å²) in [5, 5.41) is 3.36. The fraction of sp³-hybridized carbons (Fsp3) is 0.500. The number of carbonyl (C=O) groups is 1. The minimum Gasteiger partial charge on any atom is -0.497 e. The van der Waals surface area contributed by atoms with E-state index in [9.17, 15) is 4.79 Å². The van der Waals surface area contributed by atoms with Gasteiger partial charge in [0.15, 0.2) is 0 Å². The Balaban J connectivity index is 2.17. The second-order valence-electron chi connectivity index (χ2n) is 4.36. The first-order valence-electron chi connectivity index (χ1n) is 6.30. The predicted molar refractivity (Wildman–Crippen MR) is 68.5 cm³/mol. The standard InChI is InChI=1S/C14H19NO3/c1-3-18-14(16)12-7-8-15-13(12)10-5-4-6-11(9-10)17-2/h4-6,9,12-13,15H,3,7-8H2,1-2H3/t12-,13-/m1/s1. The molecule has 0 saturated carbocycles. The number of carbonyl (C=O) groups excluding carboxylic acids is 1. The maximum atomic E-state index is 11.9. The SMILES string of the molecule is CCOC(=O)[C@@H]1CCN[C@@H]1c1cccc(OC)c1. The van der Waals surface area contributed by atoms with Crippen LogP contribution in [0.25, 0.3) is 0 Å². The fourth-order valence-electron chi connectivity index (χ4n) is 2.39. The van der Waals surface area contributed by atoms with E-state index in [1.54, 1.807) is 7.11 Å².